The lowest BCUT2D eigenvalue weighted by molar-refractivity contribution is 0.586. The fraction of sp³-hybridized carbons (Fsp3) is 0.304. The predicted molar refractivity (Wildman–Crippen MR) is 108 cm³/mol. The Morgan fingerprint density at radius 2 is 1.87 bits per heavy atom. The molecule has 0 N–H and O–H groups in total. The van der Waals surface area contributed by atoms with Crippen molar-refractivity contribution in [1.82, 2.24) is 0 Å². The maximum absolute atomic E-state index is 3.84. The summed E-state index contributed by atoms with van der Waals surface area (Å²) in [4.78, 5) is 0. The maximum Gasteiger partial charge on any atom is -0.0254 e. The molecule has 0 nitrogen and oxygen atoms in total. The van der Waals surface area contributed by atoms with Crippen molar-refractivity contribution >= 4 is 6.08 Å². The van der Waals surface area contributed by atoms with E-state index in [9.17, 15) is 0 Å². The fourth-order valence-corrected chi connectivity index (χ4v) is 1.90. The van der Waals surface area contributed by atoms with Crippen molar-refractivity contribution in [2.45, 2.75) is 40.5 Å². The molecule has 1 aromatic carbocycles. The molecule has 0 unspecified atom stereocenters. The molecule has 1 aromatic rings. The fourth-order valence-electron chi connectivity index (χ4n) is 1.90. The van der Waals surface area contributed by atoms with Crippen molar-refractivity contribution in [2.75, 3.05) is 0 Å². The van der Waals surface area contributed by atoms with Crippen LogP contribution >= 0.6 is 0 Å². The SMILES string of the molecule is C=CC.C=CC(/C=C/c1cccc(CCC(C)C)c1)=C\C=C/C. The van der Waals surface area contributed by atoms with Gasteiger partial charge < -0.3 is 0 Å². The second-order valence-corrected chi connectivity index (χ2v) is 5.82. The van der Waals surface area contributed by atoms with Crippen LogP contribution in [0.5, 0.6) is 0 Å². The monoisotopic (exact) mass is 308 g/mol. The van der Waals surface area contributed by atoms with E-state index in [1.807, 2.05) is 32.1 Å². The highest BCUT2D eigenvalue weighted by Gasteiger charge is 1.97. The van der Waals surface area contributed by atoms with E-state index < -0.39 is 0 Å². The van der Waals surface area contributed by atoms with Gasteiger partial charge in [-0.05, 0) is 49.3 Å². The van der Waals surface area contributed by atoms with E-state index in [1.165, 1.54) is 17.5 Å². The molecule has 0 saturated carbocycles. The second-order valence-electron chi connectivity index (χ2n) is 5.82. The third-order valence-corrected chi connectivity index (χ3v) is 3.15. The molecule has 0 spiro atoms. The van der Waals surface area contributed by atoms with Gasteiger partial charge in [0.2, 0.25) is 0 Å². The topological polar surface area (TPSA) is 0 Å². The Labute approximate surface area is 143 Å². The minimum Gasteiger partial charge on any atom is -0.103 e. The molecular formula is C23H32. The quantitative estimate of drug-likeness (QED) is 0.370. The molecule has 0 saturated heterocycles. The van der Waals surface area contributed by atoms with E-state index in [1.54, 1.807) is 6.08 Å². The van der Waals surface area contributed by atoms with Gasteiger partial charge in [-0.15, -0.1) is 6.58 Å². The first-order valence-corrected chi connectivity index (χ1v) is 8.36. The maximum atomic E-state index is 3.84. The van der Waals surface area contributed by atoms with Crippen molar-refractivity contribution in [3.63, 3.8) is 0 Å². The number of aryl methyl sites for hydroxylation is 1. The average Bonchev–Trinajstić information content (AvgIpc) is 2.54. The molecule has 23 heavy (non-hydrogen) atoms. The molecule has 1 rings (SSSR count). The molecule has 0 aliphatic heterocycles. The van der Waals surface area contributed by atoms with Crippen molar-refractivity contribution < 1.29 is 0 Å². The summed E-state index contributed by atoms with van der Waals surface area (Å²) in [5, 5.41) is 0. The zero-order valence-electron chi connectivity index (χ0n) is 15.3. The Morgan fingerprint density at radius 1 is 1.17 bits per heavy atom. The summed E-state index contributed by atoms with van der Waals surface area (Å²) >= 11 is 0. The van der Waals surface area contributed by atoms with Gasteiger partial charge in [0.25, 0.3) is 0 Å². The highest BCUT2D eigenvalue weighted by molar-refractivity contribution is 5.55. The zero-order chi connectivity index (χ0) is 17.5. The first-order chi connectivity index (χ1) is 11.1. The lowest BCUT2D eigenvalue weighted by atomic mass is 10.0. The van der Waals surface area contributed by atoms with Crippen LogP contribution in [0.3, 0.4) is 0 Å². The van der Waals surface area contributed by atoms with Gasteiger partial charge in [-0.25, -0.2) is 0 Å². The van der Waals surface area contributed by atoms with Crippen molar-refractivity contribution in [3.8, 4) is 0 Å². The molecule has 0 fully saturated rings. The van der Waals surface area contributed by atoms with Crippen molar-refractivity contribution in [1.29, 1.82) is 0 Å². The standard InChI is InChI=1S/C20H26.C3H6/c1-5-7-9-18(6-2)14-15-20-11-8-10-19(16-20)13-12-17(3)4;1-3-2/h5-11,14-17H,2,12-13H2,1,3-4H3;3H,1H2,2H3/b7-5-,15-14+,18-9+;. The lowest BCUT2D eigenvalue weighted by Crippen LogP contribution is -1.92. The third kappa shape index (κ3) is 11.2. The second kappa shape index (κ2) is 13.6. The van der Waals surface area contributed by atoms with Crippen LogP contribution in [0.25, 0.3) is 6.08 Å². The van der Waals surface area contributed by atoms with Crippen molar-refractivity contribution in [2.24, 2.45) is 5.92 Å². The Morgan fingerprint density at radius 3 is 2.43 bits per heavy atom. The summed E-state index contributed by atoms with van der Waals surface area (Å²) in [7, 11) is 0. The predicted octanol–water partition coefficient (Wildman–Crippen LogP) is 7.17. The van der Waals surface area contributed by atoms with Crippen LogP contribution in [0.4, 0.5) is 0 Å². The van der Waals surface area contributed by atoms with Crippen LogP contribution in [0.15, 0.2) is 79.5 Å². The van der Waals surface area contributed by atoms with Gasteiger partial charge in [0, 0.05) is 0 Å². The van der Waals surface area contributed by atoms with Crippen molar-refractivity contribution in [3.05, 3.63) is 90.6 Å². The minimum atomic E-state index is 0.755. The Bertz CT molecular complexity index is 539. The molecule has 0 bridgehead atoms. The molecular weight excluding hydrogens is 276 g/mol. The van der Waals surface area contributed by atoms with Crippen LogP contribution in [-0.2, 0) is 6.42 Å². The van der Waals surface area contributed by atoms with E-state index >= 15 is 0 Å². The Hall–Kier alpha value is -2.08. The molecule has 0 aliphatic carbocycles. The molecule has 124 valence electrons. The molecule has 0 heteroatoms. The van der Waals surface area contributed by atoms with Gasteiger partial charge in [0.05, 0.1) is 0 Å². The lowest BCUT2D eigenvalue weighted by Gasteiger charge is -2.05. The highest BCUT2D eigenvalue weighted by atomic mass is 14.0. The smallest absolute Gasteiger partial charge is 0.0254 e. The Balaban J connectivity index is 0.00000149. The largest absolute Gasteiger partial charge is 0.103 e. The molecule has 0 atom stereocenters. The van der Waals surface area contributed by atoms with Gasteiger partial charge >= 0.3 is 0 Å². The summed E-state index contributed by atoms with van der Waals surface area (Å²) in [6, 6.07) is 8.77. The highest BCUT2D eigenvalue weighted by Crippen LogP contribution is 2.13. The van der Waals surface area contributed by atoms with Crippen LogP contribution in [0.1, 0.15) is 45.2 Å². The van der Waals surface area contributed by atoms with Gasteiger partial charge in [0.1, 0.15) is 0 Å². The number of hydrogen-bond donors (Lipinski definition) is 0. The zero-order valence-corrected chi connectivity index (χ0v) is 15.3. The van der Waals surface area contributed by atoms with Crippen LogP contribution < -0.4 is 0 Å². The first-order valence-electron chi connectivity index (χ1n) is 8.36. The van der Waals surface area contributed by atoms with Crippen LogP contribution in [0.2, 0.25) is 0 Å². The Kier molecular flexibility index (Phi) is 12.3. The number of allylic oxidation sites excluding steroid dienone is 7. The van der Waals surface area contributed by atoms with Gasteiger partial charge in [-0.3, -0.25) is 0 Å². The summed E-state index contributed by atoms with van der Waals surface area (Å²) < 4.78 is 0. The van der Waals surface area contributed by atoms with Gasteiger partial charge in [-0.1, -0.05) is 87.2 Å². The van der Waals surface area contributed by atoms with Crippen LogP contribution in [0, 0.1) is 5.92 Å². The van der Waals surface area contributed by atoms with E-state index in [-0.39, 0.29) is 0 Å². The van der Waals surface area contributed by atoms with E-state index in [4.69, 9.17) is 0 Å². The minimum absolute atomic E-state index is 0.755. The van der Waals surface area contributed by atoms with E-state index in [2.05, 4.69) is 69.5 Å². The first kappa shape index (κ1) is 20.9. The third-order valence-electron chi connectivity index (χ3n) is 3.15. The number of hydrogen-bond acceptors (Lipinski definition) is 0. The summed E-state index contributed by atoms with van der Waals surface area (Å²) in [5.74, 6) is 0.755. The van der Waals surface area contributed by atoms with Crippen LogP contribution in [-0.4, -0.2) is 0 Å². The molecule has 0 aromatic heterocycles. The van der Waals surface area contributed by atoms with Gasteiger partial charge in [0.15, 0.2) is 0 Å². The molecule has 0 radical (unpaired) electrons. The average molecular weight is 309 g/mol. The summed E-state index contributed by atoms with van der Waals surface area (Å²) in [6.45, 7) is 15.6. The molecule has 0 heterocycles. The summed E-state index contributed by atoms with van der Waals surface area (Å²) in [6.07, 6.45) is 16.4. The normalized spacial score (nSPS) is 11.6. The molecule has 0 aliphatic rings. The van der Waals surface area contributed by atoms with E-state index in [0.717, 1.165) is 17.9 Å². The molecule has 0 amide bonds. The van der Waals surface area contributed by atoms with E-state index in [0.29, 0.717) is 0 Å². The van der Waals surface area contributed by atoms with Gasteiger partial charge in [-0.2, -0.15) is 0 Å². The number of rotatable bonds is 7. The number of benzene rings is 1. The summed E-state index contributed by atoms with van der Waals surface area (Å²) in [5.41, 5.74) is 3.79.